The van der Waals surface area contributed by atoms with Crippen molar-refractivity contribution < 1.29 is 25.2 Å². The topological polar surface area (TPSA) is 90.2 Å². The summed E-state index contributed by atoms with van der Waals surface area (Å²) >= 11 is 0. The maximum absolute atomic E-state index is 9.65. The highest BCUT2D eigenvalue weighted by Crippen LogP contribution is 2.28. The molecule has 0 bridgehead atoms. The van der Waals surface area contributed by atoms with Crippen molar-refractivity contribution in [2.24, 2.45) is 0 Å². The molecule has 1 aliphatic heterocycles. The van der Waals surface area contributed by atoms with Gasteiger partial charge in [-0.25, -0.2) is 0 Å². The van der Waals surface area contributed by atoms with Crippen LogP contribution in [0.15, 0.2) is 12.7 Å². The summed E-state index contributed by atoms with van der Waals surface area (Å²) in [6.45, 7) is 2.79. The highest BCUT2D eigenvalue weighted by atomic mass is 16.6. The molecule has 4 unspecified atom stereocenters. The maximum Gasteiger partial charge on any atom is 0.181 e. The Hall–Kier alpha value is -0.460. The van der Waals surface area contributed by atoms with Crippen molar-refractivity contribution >= 4 is 0 Å². The van der Waals surface area contributed by atoms with E-state index in [1.165, 1.54) is 0 Å². The van der Waals surface area contributed by atoms with Gasteiger partial charge in [0.1, 0.15) is 11.7 Å². The molecule has 1 aliphatic rings. The molecule has 1 heterocycles. The molecule has 4 N–H and O–H groups in total. The van der Waals surface area contributed by atoms with Crippen LogP contribution in [-0.4, -0.2) is 51.1 Å². The van der Waals surface area contributed by atoms with E-state index in [1.54, 1.807) is 0 Å². The van der Waals surface area contributed by atoms with Crippen molar-refractivity contribution in [3.8, 4) is 0 Å². The predicted molar refractivity (Wildman–Crippen MR) is 43.7 cm³/mol. The molecule has 76 valence electrons. The van der Waals surface area contributed by atoms with Crippen LogP contribution in [0, 0.1) is 0 Å². The molecule has 0 saturated carbocycles. The Morgan fingerprint density at radius 2 is 2.15 bits per heavy atom. The van der Waals surface area contributed by atoms with Crippen molar-refractivity contribution in [3.63, 3.8) is 0 Å². The fraction of sp³-hybridized carbons (Fsp3) is 0.750. The first-order valence-electron chi connectivity index (χ1n) is 4.02. The lowest BCUT2D eigenvalue weighted by Gasteiger charge is -2.27. The van der Waals surface area contributed by atoms with Crippen molar-refractivity contribution in [1.29, 1.82) is 0 Å². The summed E-state index contributed by atoms with van der Waals surface area (Å²) in [6, 6.07) is 0. The SMILES string of the molecule is C=CC(O)(CO)C1CC(O)C(O)O1. The van der Waals surface area contributed by atoms with Gasteiger partial charge in [-0.2, -0.15) is 0 Å². The lowest BCUT2D eigenvalue weighted by molar-refractivity contribution is -0.166. The van der Waals surface area contributed by atoms with Crippen LogP contribution in [0.25, 0.3) is 0 Å². The second kappa shape index (κ2) is 3.73. The number of hydrogen-bond donors (Lipinski definition) is 4. The number of hydrogen-bond acceptors (Lipinski definition) is 5. The van der Waals surface area contributed by atoms with Gasteiger partial charge < -0.3 is 25.2 Å². The van der Waals surface area contributed by atoms with E-state index in [1.807, 2.05) is 0 Å². The van der Waals surface area contributed by atoms with Gasteiger partial charge in [0.15, 0.2) is 6.29 Å². The summed E-state index contributed by atoms with van der Waals surface area (Å²) in [5, 5.41) is 36.6. The first kappa shape index (κ1) is 10.6. The molecule has 1 saturated heterocycles. The summed E-state index contributed by atoms with van der Waals surface area (Å²) in [7, 11) is 0. The lowest BCUT2D eigenvalue weighted by atomic mass is 9.95. The molecule has 0 aliphatic carbocycles. The summed E-state index contributed by atoms with van der Waals surface area (Å²) in [4.78, 5) is 0. The maximum atomic E-state index is 9.65. The number of aliphatic hydroxyl groups is 4. The van der Waals surface area contributed by atoms with Crippen LogP contribution < -0.4 is 0 Å². The Kier molecular flexibility index (Phi) is 3.05. The van der Waals surface area contributed by atoms with E-state index >= 15 is 0 Å². The van der Waals surface area contributed by atoms with Crippen LogP contribution in [0.5, 0.6) is 0 Å². The zero-order valence-electron chi connectivity index (χ0n) is 7.13. The molecule has 4 atom stereocenters. The van der Waals surface area contributed by atoms with E-state index in [4.69, 9.17) is 20.1 Å². The number of aliphatic hydroxyl groups excluding tert-OH is 3. The zero-order chi connectivity index (χ0) is 10.1. The van der Waals surface area contributed by atoms with Gasteiger partial charge in [0.2, 0.25) is 0 Å². The smallest absolute Gasteiger partial charge is 0.181 e. The summed E-state index contributed by atoms with van der Waals surface area (Å²) in [5.74, 6) is 0. The monoisotopic (exact) mass is 190 g/mol. The highest BCUT2D eigenvalue weighted by Gasteiger charge is 2.43. The van der Waals surface area contributed by atoms with Gasteiger partial charge in [0.25, 0.3) is 0 Å². The van der Waals surface area contributed by atoms with Crippen molar-refractivity contribution in [1.82, 2.24) is 0 Å². The van der Waals surface area contributed by atoms with Gasteiger partial charge >= 0.3 is 0 Å². The van der Waals surface area contributed by atoms with E-state index < -0.39 is 30.7 Å². The minimum atomic E-state index is -1.60. The van der Waals surface area contributed by atoms with Crippen LogP contribution >= 0.6 is 0 Å². The van der Waals surface area contributed by atoms with Gasteiger partial charge in [-0.05, 0) is 0 Å². The van der Waals surface area contributed by atoms with Crippen LogP contribution in [0.2, 0.25) is 0 Å². The molecule has 0 aromatic rings. The molecule has 13 heavy (non-hydrogen) atoms. The Labute approximate surface area is 75.9 Å². The summed E-state index contributed by atoms with van der Waals surface area (Å²) in [6.07, 6.45) is -1.93. The third kappa shape index (κ3) is 1.90. The van der Waals surface area contributed by atoms with E-state index in [0.29, 0.717) is 0 Å². The highest BCUT2D eigenvalue weighted by molar-refractivity contribution is 5.04. The number of ether oxygens (including phenoxy) is 1. The fourth-order valence-corrected chi connectivity index (χ4v) is 1.27. The molecule has 0 aromatic heterocycles. The van der Waals surface area contributed by atoms with E-state index in [0.717, 1.165) is 6.08 Å². The molecular weight excluding hydrogens is 176 g/mol. The third-order valence-electron chi connectivity index (χ3n) is 2.25. The minimum absolute atomic E-state index is 0.0737. The first-order chi connectivity index (χ1) is 6.03. The molecule has 0 aromatic carbocycles. The van der Waals surface area contributed by atoms with Gasteiger partial charge in [-0.3, -0.25) is 0 Å². The normalized spacial score (nSPS) is 38.6. The average molecular weight is 190 g/mol. The lowest BCUT2D eigenvalue weighted by Crippen LogP contribution is -2.43. The third-order valence-corrected chi connectivity index (χ3v) is 2.25. The van der Waals surface area contributed by atoms with E-state index in [2.05, 4.69) is 6.58 Å². The summed E-state index contributed by atoms with van der Waals surface area (Å²) in [5.41, 5.74) is -1.60. The molecule has 5 nitrogen and oxygen atoms in total. The molecule has 1 fully saturated rings. The minimum Gasteiger partial charge on any atom is -0.393 e. The number of rotatable bonds is 3. The largest absolute Gasteiger partial charge is 0.393 e. The second-order valence-corrected chi connectivity index (χ2v) is 3.17. The zero-order valence-corrected chi connectivity index (χ0v) is 7.13. The van der Waals surface area contributed by atoms with Crippen molar-refractivity contribution in [2.45, 2.75) is 30.5 Å². The first-order valence-corrected chi connectivity index (χ1v) is 4.02. The van der Waals surface area contributed by atoms with Gasteiger partial charge in [-0.1, -0.05) is 6.08 Å². The van der Waals surface area contributed by atoms with Crippen LogP contribution in [-0.2, 0) is 4.74 Å². The van der Waals surface area contributed by atoms with Crippen LogP contribution in [0.4, 0.5) is 0 Å². The Balaban J connectivity index is 2.68. The van der Waals surface area contributed by atoms with Gasteiger partial charge in [0.05, 0.1) is 12.7 Å². The summed E-state index contributed by atoms with van der Waals surface area (Å²) < 4.78 is 4.84. The van der Waals surface area contributed by atoms with Crippen molar-refractivity contribution in [2.75, 3.05) is 6.61 Å². The van der Waals surface area contributed by atoms with E-state index in [9.17, 15) is 5.11 Å². The van der Waals surface area contributed by atoms with Crippen LogP contribution in [0.1, 0.15) is 6.42 Å². The van der Waals surface area contributed by atoms with E-state index in [-0.39, 0.29) is 6.42 Å². The molecular formula is C8H14O5. The average Bonchev–Trinajstić information content (AvgIpc) is 2.46. The predicted octanol–water partition coefficient (Wildman–Crippen LogP) is -1.64. The second-order valence-electron chi connectivity index (χ2n) is 3.17. The Morgan fingerprint density at radius 3 is 2.46 bits per heavy atom. The van der Waals surface area contributed by atoms with Gasteiger partial charge in [-0.15, -0.1) is 6.58 Å². The Bertz CT molecular complexity index is 185. The standard InChI is InChI=1S/C8H14O5/c1-2-8(12,4-9)6-3-5(10)7(11)13-6/h2,5-7,9-12H,1,3-4H2. The Morgan fingerprint density at radius 1 is 1.54 bits per heavy atom. The molecule has 0 radical (unpaired) electrons. The van der Waals surface area contributed by atoms with Crippen LogP contribution in [0.3, 0.4) is 0 Å². The fourth-order valence-electron chi connectivity index (χ4n) is 1.27. The molecule has 5 heteroatoms. The molecule has 1 rings (SSSR count). The quantitative estimate of drug-likeness (QED) is 0.401. The molecule has 0 amide bonds. The van der Waals surface area contributed by atoms with Gasteiger partial charge in [0, 0.05) is 6.42 Å². The molecule has 0 spiro atoms. The van der Waals surface area contributed by atoms with Crippen molar-refractivity contribution in [3.05, 3.63) is 12.7 Å².